The first-order valence-corrected chi connectivity index (χ1v) is 7.06. The van der Waals surface area contributed by atoms with E-state index in [1.54, 1.807) is 6.07 Å². The van der Waals surface area contributed by atoms with E-state index in [1.807, 2.05) is 12.1 Å². The third-order valence-electron chi connectivity index (χ3n) is 3.99. The number of hydrogen-bond acceptors (Lipinski definition) is 3. The Labute approximate surface area is 113 Å². The number of rotatable bonds is 4. The molecule has 0 bridgehead atoms. The number of hydrogen-bond donors (Lipinski definition) is 1. The fraction of sp³-hybridized carbons (Fsp3) is 0.600. The smallest absolute Gasteiger partial charge is 0.228 e. The van der Waals surface area contributed by atoms with Crippen molar-refractivity contribution in [3.63, 3.8) is 0 Å². The number of benzene rings is 1. The molecule has 19 heavy (non-hydrogen) atoms. The van der Waals surface area contributed by atoms with E-state index < -0.39 is 6.86 Å². The number of alkyl halides is 1. The topological polar surface area (TPSA) is 30.5 Å². The Kier molecular flexibility index (Phi) is 3.87. The second-order valence-corrected chi connectivity index (χ2v) is 5.36. The van der Waals surface area contributed by atoms with E-state index in [9.17, 15) is 4.39 Å². The standard InChI is InChI=1S/C15H20FNO2/c16-10-19-14-7-3-4-11-8-13(9-18-15(11)14)17-12-5-1-2-6-12/h3-4,7,12-13,17H,1-2,5-6,8-10H2/t13-/m1/s1. The van der Waals surface area contributed by atoms with Gasteiger partial charge in [0.1, 0.15) is 6.61 Å². The van der Waals surface area contributed by atoms with E-state index >= 15 is 0 Å². The third kappa shape index (κ3) is 2.84. The van der Waals surface area contributed by atoms with Crippen LogP contribution in [-0.4, -0.2) is 25.6 Å². The number of halogens is 1. The highest BCUT2D eigenvalue weighted by Gasteiger charge is 2.25. The largest absolute Gasteiger partial charge is 0.488 e. The van der Waals surface area contributed by atoms with Crippen LogP contribution in [0.2, 0.25) is 0 Å². The van der Waals surface area contributed by atoms with E-state index in [0.29, 0.717) is 30.2 Å². The summed E-state index contributed by atoms with van der Waals surface area (Å²) >= 11 is 0. The molecule has 0 aromatic heterocycles. The van der Waals surface area contributed by atoms with Crippen LogP contribution < -0.4 is 14.8 Å². The van der Waals surface area contributed by atoms with E-state index in [2.05, 4.69) is 5.32 Å². The molecular weight excluding hydrogens is 245 g/mol. The summed E-state index contributed by atoms with van der Waals surface area (Å²) in [7, 11) is 0. The minimum Gasteiger partial charge on any atom is -0.488 e. The summed E-state index contributed by atoms with van der Waals surface area (Å²) < 4.78 is 23.0. The van der Waals surface area contributed by atoms with Gasteiger partial charge in [0.25, 0.3) is 0 Å². The lowest BCUT2D eigenvalue weighted by atomic mass is 10.0. The summed E-state index contributed by atoms with van der Waals surface area (Å²) in [6.07, 6.45) is 6.13. The van der Waals surface area contributed by atoms with Crippen LogP contribution in [0.3, 0.4) is 0 Å². The van der Waals surface area contributed by atoms with E-state index in [0.717, 1.165) is 12.0 Å². The molecule has 0 unspecified atom stereocenters. The van der Waals surface area contributed by atoms with Gasteiger partial charge < -0.3 is 14.8 Å². The Balaban J connectivity index is 1.67. The summed E-state index contributed by atoms with van der Waals surface area (Å²) in [5.41, 5.74) is 1.10. The fourth-order valence-corrected chi connectivity index (χ4v) is 3.10. The molecule has 1 N–H and O–H groups in total. The molecule has 1 aliphatic carbocycles. The Morgan fingerprint density at radius 1 is 1.26 bits per heavy atom. The summed E-state index contributed by atoms with van der Waals surface area (Å²) in [6.45, 7) is -0.181. The van der Waals surface area contributed by atoms with Crippen LogP contribution in [0.25, 0.3) is 0 Å². The van der Waals surface area contributed by atoms with Crippen LogP contribution >= 0.6 is 0 Å². The predicted octanol–water partition coefficient (Wildman–Crippen LogP) is 2.83. The molecule has 1 heterocycles. The third-order valence-corrected chi connectivity index (χ3v) is 3.99. The Morgan fingerprint density at radius 3 is 2.89 bits per heavy atom. The van der Waals surface area contributed by atoms with Crippen molar-refractivity contribution in [1.29, 1.82) is 0 Å². The molecular formula is C15H20FNO2. The SMILES string of the molecule is FCOc1cccc2c1OC[C@H](NC1CCCC1)C2. The quantitative estimate of drug-likeness (QED) is 0.908. The lowest BCUT2D eigenvalue weighted by Crippen LogP contribution is -2.44. The number of ether oxygens (including phenoxy) is 2. The lowest BCUT2D eigenvalue weighted by Gasteiger charge is -2.29. The van der Waals surface area contributed by atoms with Gasteiger partial charge in [-0.3, -0.25) is 0 Å². The summed E-state index contributed by atoms with van der Waals surface area (Å²) in [4.78, 5) is 0. The number of fused-ring (bicyclic) bond motifs is 1. The van der Waals surface area contributed by atoms with Gasteiger partial charge in [0.05, 0.1) is 0 Å². The second-order valence-electron chi connectivity index (χ2n) is 5.36. The summed E-state index contributed by atoms with van der Waals surface area (Å²) in [6, 6.07) is 6.67. The zero-order valence-electron chi connectivity index (χ0n) is 11.0. The van der Waals surface area contributed by atoms with Gasteiger partial charge in [-0.1, -0.05) is 25.0 Å². The maximum absolute atomic E-state index is 12.3. The molecule has 4 heteroatoms. The normalized spacial score (nSPS) is 22.9. The highest BCUT2D eigenvalue weighted by Crippen LogP contribution is 2.35. The minimum absolute atomic E-state index is 0.358. The zero-order chi connectivity index (χ0) is 13.1. The van der Waals surface area contributed by atoms with Crippen molar-refractivity contribution in [1.82, 2.24) is 5.32 Å². The minimum atomic E-state index is -0.816. The van der Waals surface area contributed by atoms with E-state index in [1.165, 1.54) is 25.7 Å². The van der Waals surface area contributed by atoms with Gasteiger partial charge in [-0.25, -0.2) is 4.39 Å². The first-order chi connectivity index (χ1) is 9.36. The van der Waals surface area contributed by atoms with Crippen molar-refractivity contribution in [3.05, 3.63) is 23.8 Å². The lowest BCUT2D eigenvalue weighted by molar-refractivity contribution is 0.169. The molecule has 1 atom stereocenters. The zero-order valence-corrected chi connectivity index (χ0v) is 11.0. The average molecular weight is 265 g/mol. The van der Waals surface area contributed by atoms with Gasteiger partial charge >= 0.3 is 0 Å². The van der Waals surface area contributed by atoms with E-state index in [-0.39, 0.29) is 0 Å². The van der Waals surface area contributed by atoms with Crippen molar-refractivity contribution >= 4 is 0 Å². The monoisotopic (exact) mass is 265 g/mol. The van der Waals surface area contributed by atoms with Crippen molar-refractivity contribution in [2.75, 3.05) is 13.5 Å². The first kappa shape index (κ1) is 12.7. The molecule has 1 aromatic carbocycles. The predicted molar refractivity (Wildman–Crippen MR) is 71.4 cm³/mol. The number of nitrogens with one attached hydrogen (secondary N) is 1. The molecule has 0 spiro atoms. The molecule has 0 amide bonds. The van der Waals surface area contributed by atoms with Crippen LogP contribution in [0, 0.1) is 0 Å². The second kappa shape index (κ2) is 5.78. The van der Waals surface area contributed by atoms with Gasteiger partial charge in [-0.05, 0) is 30.9 Å². The molecule has 0 saturated heterocycles. The van der Waals surface area contributed by atoms with Crippen molar-refractivity contribution in [2.45, 2.75) is 44.2 Å². The Hall–Kier alpha value is -1.29. The van der Waals surface area contributed by atoms with Gasteiger partial charge in [-0.2, -0.15) is 0 Å². The van der Waals surface area contributed by atoms with Gasteiger partial charge in [0, 0.05) is 12.1 Å². The molecule has 104 valence electrons. The highest BCUT2D eigenvalue weighted by atomic mass is 19.1. The molecule has 1 aliphatic heterocycles. The van der Waals surface area contributed by atoms with Crippen molar-refractivity contribution in [2.24, 2.45) is 0 Å². The Morgan fingerprint density at radius 2 is 2.11 bits per heavy atom. The summed E-state index contributed by atoms with van der Waals surface area (Å²) in [5.74, 6) is 1.23. The maximum atomic E-state index is 12.3. The van der Waals surface area contributed by atoms with Crippen LogP contribution in [0.15, 0.2) is 18.2 Å². The van der Waals surface area contributed by atoms with Gasteiger partial charge in [-0.15, -0.1) is 0 Å². The van der Waals surface area contributed by atoms with E-state index in [4.69, 9.17) is 9.47 Å². The molecule has 3 nitrogen and oxygen atoms in total. The molecule has 3 rings (SSSR count). The van der Waals surface area contributed by atoms with Gasteiger partial charge in [0.15, 0.2) is 11.5 Å². The molecule has 2 aliphatic rings. The molecule has 1 fully saturated rings. The van der Waals surface area contributed by atoms with Crippen LogP contribution in [0.4, 0.5) is 4.39 Å². The van der Waals surface area contributed by atoms with Crippen LogP contribution in [-0.2, 0) is 6.42 Å². The Bertz CT molecular complexity index is 432. The highest BCUT2D eigenvalue weighted by molar-refractivity contribution is 5.48. The first-order valence-electron chi connectivity index (χ1n) is 7.06. The molecule has 1 saturated carbocycles. The molecule has 0 radical (unpaired) electrons. The van der Waals surface area contributed by atoms with Crippen LogP contribution in [0.5, 0.6) is 11.5 Å². The fourth-order valence-electron chi connectivity index (χ4n) is 3.10. The van der Waals surface area contributed by atoms with Crippen LogP contribution in [0.1, 0.15) is 31.2 Å². The average Bonchev–Trinajstić information content (AvgIpc) is 2.92. The van der Waals surface area contributed by atoms with Crippen molar-refractivity contribution < 1.29 is 13.9 Å². The van der Waals surface area contributed by atoms with Gasteiger partial charge in [0.2, 0.25) is 6.86 Å². The number of para-hydroxylation sites is 1. The van der Waals surface area contributed by atoms with Crippen molar-refractivity contribution in [3.8, 4) is 11.5 Å². The maximum Gasteiger partial charge on any atom is 0.228 e. The summed E-state index contributed by atoms with van der Waals surface area (Å²) in [5, 5.41) is 3.67. The molecule has 1 aromatic rings.